The van der Waals surface area contributed by atoms with Crippen LogP contribution in [0.3, 0.4) is 0 Å². The van der Waals surface area contributed by atoms with Gasteiger partial charge in [-0.2, -0.15) is 0 Å². The fraction of sp³-hybridized carbons (Fsp3) is 0. The maximum Gasteiger partial charge on any atom is 0.161 e. The molecule has 0 radical (unpaired) electrons. The maximum absolute atomic E-state index is 6.04. The summed E-state index contributed by atoms with van der Waals surface area (Å²) in [6.45, 7) is 0. The molecule has 94 valence electrons. The average molecular weight is 304 g/mol. The van der Waals surface area contributed by atoms with Crippen molar-refractivity contribution in [2.24, 2.45) is 5.84 Å². The molecule has 0 aliphatic rings. The zero-order valence-electron chi connectivity index (χ0n) is 9.05. The van der Waals surface area contributed by atoms with E-state index in [0.29, 0.717) is 26.7 Å². The van der Waals surface area contributed by atoms with Gasteiger partial charge in [0.25, 0.3) is 0 Å². The standard InChI is InChI=1S/C11H9Cl3N4/c12-6-1-3-7(4-2-6)16-10-8(13)5-9(14)11(17-10)18-15/h1-5H,15H2,(H2,16,17,18). The van der Waals surface area contributed by atoms with Gasteiger partial charge < -0.3 is 10.7 Å². The summed E-state index contributed by atoms with van der Waals surface area (Å²) < 4.78 is 0. The second kappa shape index (κ2) is 5.63. The molecule has 0 bridgehead atoms. The molecule has 2 rings (SSSR count). The molecular weight excluding hydrogens is 295 g/mol. The van der Waals surface area contributed by atoms with Gasteiger partial charge in [0.2, 0.25) is 0 Å². The van der Waals surface area contributed by atoms with Crippen molar-refractivity contribution in [2.45, 2.75) is 0 Å². The lowest BCUT2D eigenvalue weighted by Crippen LogP contribution is -2.10. The second-order valence-electron chi connectivity index (χ2n) is 3.43. The minimum Gasteiger partial charge on any atom is -0.339 e. The Balaban J connectivity index is 2.31. The molecule has 1 aromatic heterocycles. The summed E-state index contributed by atoms with van der Waals surface area (Å²) in [5, 5.41) is 4.45. The Morgan fingerprint density at radius 1 is 0.944 bits per heavy atom. The summed E-state index contributed by atoms with van der Waals surface area (Å²) in [6, 6.07) is 8.70. The van der Waals surface area contributed by atoms with Crippen LogP contribution < -0.4 is 16.6 Å². The molecule has 4 nitrogen and oxygen atoms in total. The first-order chi connectivity index (χ1) is 8.60. The fourth-order valence-electron chi connectivity index (χ4n) is 1.33. The van der Waals surface area contributed by atoms with Crippen LogP contribution in [0.2, 0.25) is 15.1 Å². The molecule has 0 unspecified atom stereocenters. The van der Waals surface area contributed by atoms with E-state index in [0.717, 1.165) is 5.69 Å². The first-order valence-corrected chi connectivity index (χ1v) is 6.09. The molecule has 2 aromatic rings. The molecule has 1 heterocycles. The van der Waals surface area contributed by atoms with E-state index in [9.17, 15) is 0 Å². The molecule has 4 N–H and O–H groups in total. The maximum atomic E-state index is 6.04. The number of nitrogen functional groups attached to an aromatic ring is 1. The highest BCUT2D eigenvalue weighted by Gasteiger charge is 2.08. The number of nitrogens with two attached hydrogens (primary N) is 1. The van der Waals surface area contributed by atoms with E-state index in [1.54, 1.807) is 18.2 Å². The number of nitrogens with one attached hydrogen (secondary N) is 2. The molecule has 0 saturated carbocycles. The molecular formula is C11H9Cl3N4. The summed E-state index contributed by atoms with van der Waals surface area (Å²) in [7, 11) is 0. The van der Waals surface area contributed by atoms with Crippen molar-refractivity contribution in [3.8, 4) is 0 Å². The van der Waals surface area contributed by atoms with Gasteiger partial charge in [0, 0.05) is 10.7 Å². The highest BCUT2D eigenvalue weighted by atomic mass is 35.5. The third-order valence-corrected chi connectivity index (χ3v) is 3.00. The van der Waals surface area contributed by atoms with Crippen LogP contribution in [0.5, 0.6) is 0 Å². The normalized spacial score (nSPS) is 10.2. The monoisotopic (exact) mass is 302 g/mol. The topological polar surface area (TPSA) is 63.0 Å². The largest absolute Gasteiger partial charge is 0.339 e. The zero-order chi connectivity index (χ0) is 13.1. The molecule has 7 heteroatoms. The van der Waals surface area contributed by atoms with Crippen molar-refractivity contribution in [3.63, 3.8) is 0 Å². The predicted octanol–water partition coefficient (Wildman–Crippen LogP) is 4.07. The van der Waals surface area contributed by atoms with Crippen molar-refractivity contribution < 1.29 is 0 Å². The van der Waals surface area contributed by atoms with Gasteiger partial charge in [0.1, 0.15) is 0 Å². The van der Waals surface area contributed by atoms with Crippen molar-refractivity contribution in [3.05, 3.63) is 45.4 Å². The van der Waals surface area contributed by atoms with Crippen LogP contribution in [-0.2, 0) is 0 Å². The molecule has 0 fully saturated rings. The van der Waals surface area contributed by atoms with Gasteiger partial charge in [-0.15, -0.1) is 0 Å². The molecule has 0 atom stereocenters. The fourth-order valence-corrected chi connectivity index (χ4v) is 1.91. The van der Waals surface area contributed by atoms with E-state index < -0.39 is 0 Å². The van der Waals surface area contributed by atoms with Crippen molar-refractivity contribution >= 4 is 52.1 Å². The van der Waals surface area contributed by atoms with Crippen LogP contribution in [0.25, 0.3) is 0 Å². The highest BCUT2D eigenvalue weighted by molar-refractivity contribution is 6.37. The minimum absolute atomic E-state index is 0.345. The summed E-state index contributed by atoms with van der Waals surface area (Å²) in [5.41, 5.74) is 3.20. The summed E-state index contributed by atoms with van der Waals surface area (Å²) in [6.07, 6.45) is 0. The number of nitrogens with zero attached hydrogens (tertiary/aromatic N) is 1. The molecule has 0 saturated heterocycles. The number of halogens is 3. The third kappa shape index (κ3) is 2.97. The van der Waals surface area contributed by atoms with E-state index in [1.165, 1.54) is 0 Å². The minimum atomic E-state index is 0.345. The highest BCUT2D eigenvalue weighted by Crippen LogP contribution is 2.30. The van der Waals surface area contributed by atoms with Gasteiger partial charge in [0.05, 0.1) is 10.0 Å². The van der Waals surface area contributed by atoms with Gasteiger partial charge in [-0.1, -0.05) is 34.8 Å². The number of hydrogen-bond acceptors (Lipinski definition) is 4. The van der Waals surface area contributed by atoms with E-state index in [-0.39, 0.29) is 0 Å². The number of anilines is 3. The Morgan fingerprint density at radius 3 is 2.17 bits per heavy atom. The van der Waals surface area contributed by atoms with Crippen LogP contribution in [-0.4, -0.2) is 4.98 Å². The molecule has 0 spiro atoms. The number of rotatable bonds is 3. The van der Waals surface area contributed by atoms with Crippen LogP contribution in [0, 0.1) is 0 Å². The summed E-state index contributed by atoms with van der Waals surface area (Å²) >= 11 is 17.7. The zero-order valence-corrected chi connectivity index (χ0v) is 11.3. The Labute approximate surface area is 119 Å². The average Bonchev–Trinajstić information content (AvgIpc) is 2.35. The molecule has 0 aliphatic heterocycles. The van der Waals surface area contributed by atoms with Gasteiger partial charge in [0.15, 0.2) is 11.6 Å². The number of aromatic nitrogens is 1. The van der Waals surface area contributed by atoms with Crippen molar-refractivity contribution in [1.29, 1.82) is 0 Å². The van der Waals surface area contributed by atoms with Crippen LogP contribution in [0.15, 0.2) is 30.3 Å². The van der Waals surface area contributed by atoms with Crippen molar-refractivity contribution in [1.82, 2.24) is 4.98 Å². The summed E-state index contributed by atoms with van der Waals surface area (Å²) in [5.74, 6) is 6.10. The van der Waals surface area contributed by atoms with Gasteiger partial charge >= 0.3 is 0 Å². The Bertz CT molecular complexity index is 557. The number of hydrazine groups is 1. The molecule has 0 aliphatic carbocycles. The third-order valence-electron chi connectivity index (χ3n) is 2.17. The van der Waals surface area contributed by atoms with Crippen LogP contribution in [0.1, 0.15) is 0 Å². The lowest BCUT2D eigenvalue weighted by atomic mass is 10.3. The van der Waals surface area contributed by atoms with Crippen LogP contribution >= 0.6 is 34.8 Å². The van der Waals surface area contributed by atoms with E-state index in [1.807, 2.05) is 12.1 Å². The first-order valence-electron chi connectivity index (χ1n) is 4.95. The number of benzene rings is 1. The van der Waals surface area contributed by atoms with E-state index in [2.05, 4.69) is 15.7 Å². The smallest absolute Gasteiger partial charge is 0.161 e. The molecule has 0 amide bonds. The lowest BCUT2D eigenvalue weighted by molar-refractivity contribution is 1.22. The van der Waals surface area contributed by atoms with Gasteiger partial charge in [-0.25, -0.2) is 10.8 Å². The lowest BCUT2D eigenvalue weighted by Gasteiger charge is -2.10. The second-order valence-corrected chi connectivity index (χ2v) is 4.68. The van der Waals surface area contributed by atoms with E-state index in [4.69, 9.17) is 40.6 Å². The summed E-state index contributed by atoms with van der Waals surface area (Å²) in [4.78, 5) is 4.16. The Kier molecular flexibility index (Phi) is 4.14. The Morgan fingerprint density at radius 2 is 1.56 bits per heavy atom. The first kappa shape index (κ1) is 13.2. The number of pyridine rings is 1. The van der Waals surface area contributed by atoms with Gasteiger partial charge in [-0.05, 0) is 30.3 Å². The predicted molar refractivity (Wildman–Crippen MR) is 76.8 cm³/mol. The molecule has 18 heavy (non-hydrogen) atoms. The van der Waals surface area contributed by atoms with Gasteiger partial charge in [-0.3, -0.25) is 0 Å². The SMILES string of the molecule is NNc1nc(Nc2ccc(Cl)cc2)c(Cl)cc1Cl. The number of hydrogen-bond donors (Lipinski definition) is 3. The van der Waals surface area contributed by atoms with Crippen LogP contribution in [0.4, 0.5) is 17.3 Å². The van der Waals surface area contributed by atoms with E-state index >= 15 is 0 Å². The van der Waals surface area contributed by atoms with Crippen molar-refractivity contribution in [2.75, 3.05) is 10.7 Å². The Hall–Kier alpha value is -1.20. The molecule has 1 aromatic carbocycles. The quantitative estimate of drug-likeness (QED) is 0.591.